The molecule has 0 spiro atoms. The second-order valence-electron chi connectivity index (χ2n) is 7.58. The lowest BCUT2D eigenvalue weighted by atomic mass is 10.0. The van der Waals surface area contributed by atoms with Gasteiger partial charge in [-0.3, -0.25) is 9.69 Å². The Kier molecular flexibility index (Phi) is 5.90. The number of fused-ring (bicyclic) bond motifs is 1. The van der Waals surface area contributed by atoms with Crippen LogP contribution in [0.4, 0.5) is 0 Å². The molecule has 1 aliphatic rings. The third-order valence-corrected chi connectivity index (χ3v) is 5.88. The largest absolute Gasteiger partial charge is 0.379 e. The minimum absolute atomic E-state index is 0.0615. The van der Waals surface area contributed by atoms with Gasteiger partial charge in [-0.05, 0) is 42.8 Å². The van der Waals surface area contributed by atoms with Crippen LogP contribution in [0.3, 0.4) is 0 Å². The molecular formula is C23H26ClN3O2. The summed E-state index contributed by atoms with van der Waals surface area (Å²) in [7, 11) is 1.94. The Morgan fingerprint density at radius 1 is 1.14 bits per heavy atom. The molecule has 29 heavy (non-hydrogen) atoms. The van der Waals surface area contributed by atoms with Gasteiger partial charge in [0.25, 0.3) is 5.91 Å². The highest BCUT2D eigenvalue weighted by Gasteiger charge is 2.24. The minimum atomic E-state index is -0.0615. The average molecular weight is 412 g/mol. The number of ether oxygens (including phenoxy) is 1. The van der Waals surface area contributed by atoms with Crippen molar-refractivity contribution in [3.63, 3.8) is 0 Å². The predicted molar refractivity (Wildman–Crippen MR) is 117 cm³/mol. The molecule has 0 bridgehead atoms. The van der Waals surface area contributed by atoms with Gasteiger partial charge >= 0.3 is 0 Å². The van der Waals surface area contributed by atoms with Crippen LogP contribution >= 0.6 is 11.6 Å². The number of halogens is 1. The normalized spacial score (nSPS) is 16.1. The summed E-state index contributed by atoms with van der Waals surface area (Å²) in [4.78, 5) is 15.4. The Bertz CT molecular complexity index is 1010. The van der Waals surface area contributed by atoms with Gasteiger partial charge in [0.05, 0.1) is 19.3 Å². The number of carbonyl (C=O) groups excluding carboxylic acids is 1. The number of nitrogens with zero attached hydrogens (tertiary/aromatic N) is 2. The van der Waals surface area contributed by atoms with E-state index in [1.807, 2.05) is 41.9 Å². The fourth-order valence-electron chi connectivity index (χ4n) is 4.00. The number of hydrogen-bond acceptors (Lipinski definition) is 3. The van der Waals surface area contributed by atoms with E-state index in [4.69, 9.17) is 16.3 Å². The Labute approximate surface area is 176 Å². The molecule has 1 saturated heterocycles. The lowest BCUT2D eigenvalue weighted by molar-refractivity contribution is 0.0162. The zero-order valence-electron chi connectivity index (χ0n) is 16.8. The van der Waals surface area contributed by atoms with Gasteiger partial charge in [-0.25, -0.2) is 0 Å². The molecule has 4 rings (SSSR count). The summed E-state index contributed by atoms with van der Waals surface area (Å²) in [6, 6.07) is 16.2. The summed E-state index contributed by atoms with van der Waals surface area (Å²) in [5.74, 6) is -0.0615. The molecule has 0 radical (unpaired) electrons. The maximum Gasteiger partial charge on any atom is 0.267 e. The lowest BCUT2D eigenvalue weighted by Crippen LogP contribution is -2.44. The van der Waals surface area contributed by atoms with Crippen molar-refractivity contribution in [3.8, 4) is 0 Å². The summed E-state index contributed by atoms with van der Waals surface area (Å²) in [6.45, 7) is 5.69. The monoisotopic (exact) mass is 411 g/mol. The van der Waals surface area contributed by atoms with Crippen LogP contribution in [0.15, 0.2) is 48.5 Å². The Morgan fingerprint density at radius 2 is 1.86 bits per heavy atom. The molecule has 0 aliphatic carbocycles. The fraction of sp³-hybridized carbons (Fsp3) is 0.348. The zero-order chi connectivity index (χ0) is 20.4. The Balaban J connectivity index is 1.54. The molecule has 5 nitrogen and oxygen atoms in total. The molecule has 2 heterocycles. The smallest absolute Gasteiger partial charge is 0.267 e. The summed E-state index contributed by atoms with van der Waals surface area (Å²) < 4.78 is 7.46. The van der Waals surface area contributed by atoms with E-state index in [2.05, 4.69) is 35.3 Å². The van der Waals surface area contributed by atoms with Crippen molar-refractivity contribution in [1.29, 1.82) is 0 Å². The second-order valence-corrected chi connectivity index (χ2v) is 8.01. The van der Waals surface area contributed by atoms with Gasteiger partial charge in [0.15, 0.2) is 0 Å². The number of carbonyl (C=O) groups is 1. The number of nitrogens with one attached hydrogen (secondary N) is 1. The fourth-order valence-corrected chi connectivity index (χ4v) is 4.12. The van der Waals surface area contributed by atoms with E-state index < -0.39 is 0 Å². The SMILES string of the molecule is Cc1ccc2c(c1)cc(C(=O)NCC(c1ccc(Cl)cc1)N1CCOCC1)n2C. The quantitative estimate of drug-likeness (QED) is 0.691. The molecule has 1 atom stereocenters. The van der Waals surface area contributed by atoms with E-state index in [1.165, 1.54) is 5.56 Å². The van der Waals surface area contributed by atoms with Crippen molar-refractivity contribution in [3.05, 3.63) is 70.4 Å². The number of benzene rings is 2. The first-order valence-electron chi connectivity index (χ1n) is 9.94. The van der Waals surface area contributed by atoms with Crippen molar-refractivity contribution >= 4 is 28.4 Å². The van der Waals surface area contributed by atoms with Crippen LogP contribution in [0, 0.1) is 6.92 Å². The molecule has 3 aromatic rings. The van der Waals surface area contributed by atoms with E-state index in [-0.39, 0.29) is 11.9 Å². The van der Waals surface area contributed by atoms with Gasteiger partial charge in [-0.2, -0.15) is 0 Å². The average Bonchev–Trinajstić information content (AvgIpc) is 3.06. The number of aryl methyl sites for hydroxylation is 2. The number of morpholine rings is 1. The van der Waals surface area contributed by atoms with Crippen LogP contribution in [0.1, 0.15) is 27.7 Å². The van der Waals surface area contributed by atoms with E-state index in [1.54, 1.807) is 0 Å². The molecule has 1 unspecified atom stereocenters. The maximum atomic E-state index is 13.0. The standard InChI is InChI=1S/C23H26ClN3O2/c1-16-3-8-20-18(13-16)14-21(26(20)2)23(28)25-15-22(27-9-11-29-12-10-27)17-4-6-19(24)7-5-17/h3-8,13-14,22H,9-12,15H2,1-2H3,(H,25,28). The van der Waals surface area contributed by atoms with Crippen molar-refractivity contribution in [2.75, 3.05) is 32.8 Å². The van der Waals surface area contributed by atoms with Gasteiger partial charge in [0, 0.05) is 42.6 Å². The predicted octanol–water partition coefficient (Wildman–Crippen LogP) is 3.94. The van der Waals surface area contributed by atoms with E-state index in [9.17, 15) is 4.79 Å². The third kappa shape index (κ3) is 4.32. The van der Waals surface area contributed by atoms with Crippen molar-refractivity contribution in [2.45, 2.75) is 13.0 Å². The minimum Gasteiger partial charge on any atom is -0.379 e. The van der Waals surface area contributed by atoms with Gasteiger partial charge in [-0.1, -0.05) is 35.4 Å². The van der Waals surface area contributed by atoms with E-state index >= 15 is 0 Å². The van der Waals surface area contributed by atoms with E-state index in [0.717, 1.165) is 29.6 Å². The van der Waals surface area contributed by atoms with Crippen LogP contribution in [0.5, 0.6) is 0 Å². The van der Waals surface area contributed by atoms with E-state index in [0.29, 0.717) is 30.5 Å². The lowest BCUT2D eigenvalue weighted by Gasteiger charge is -2.35. The molecule has 1 amide bonds. The summed E-state index contributed by atoms with van der Waals surface area (Å²) >= 11 is 6.07. The van der Waals surface area contributed by atoms with Gasteiger partial charge in [0.1, 0.15) is 5.69 Å². The molecule has 1 aliphatic heterocycles. The first-order valence-corrected chi connectivity index (χ1v) is 10.3. The van der Waals surface area contributed by atoms with Crippen molar-refractivity contribution in [2.24, 2.45) is 7.05 Å². The van der Waals surface area contributed by atoms with Crippen LogP contribution < -0.4 is 5.32 Å². The summed E-state index contributed by atoms with van der Waals surface area (Å²) in [6.07, 6.45) is 0. The highest BCUT2D eigenvalue weighted by Crippen LogP contribution is 2.24. The summed E-state index contributed by atoms with van der Waals surface area (Å²) in [5, 5.41) is 4.95. The number of hydrogen-bond donors (Lipinski definition) is 1. The molecule has 1 aromatic heterocycles. The van der Waals surface area contributed by atoms with Crippen LogP contribution in [-0.2, 0) is 11.8 Å². The molecular weight excluding hydrogens is 386 g/mol. The molecule has 2 aromatic carbocycles. The first-order chi connectivity index (χ1) is 14.0. The molecule has 152 valence electrons. The highest BCUT2D eigenvalue weighted by molar-refractivity contribution is 6.30. The second kappa shape index (κ2) is 8.57. The molecule has 1 N–H and O–H groups in total. The third-order valence-electron chi connectivity index (χ3n) is 5.63. The number of amides is 1. The molecule has 1 fully saturated rings. The molecule has 6 heteroatoms. The van der Waals surface area contributed by atoms with Gasteiger partial charge < -0.3 is 14.6 Å². The molecule has 0 saturated carbocycles. The van der Waals surface area contributed by atoms with Crippen LogP contribution in [0.25, 0.3) is 10.9 Å². The van der Waals surface area contributed by atoms with Crippen molar-refractivity contribution in [1.82, 2.24) is 14.8 Å². The number of rotatable bonds is 5. The zero-order valence-corrected chi connectivity index (χ0v) is 17.6. The van der Waals surface area contributed by atoms with Gasteiger partial charge in [0.2, 0.25) is 0 Å². The topological polar surface area (TPSA) is 46.5 Å². The summed E-state index contributed by atoms with van der Waals surface area (Å²) in [5.41, 5.74) is 4.06. The highest BCUT2D eigenvalue weighted by atomic mass is 35.5. The van der Waals surface area contributed by atoms with Gasteiger partial charge in [-0.15, -0.1) is 0 Å². The number of aromatic nitrogens is 1. The Hall–Kier alpha value is -2.34. The van der Waals surface area contributed by atoms with Crippen LogP contribution in [-0.4, -0.2) is 48.2 Å². The maximum absolute atomic E-state index is 13.0. The van der Waals surface area contributed by atoms with Crippen LogP contribution in [0.2, 0.25) is 5.02 Å². The van der Waals surface area contributed by atoms with Crippen molar-refractivity contribution < 1.29 is 9.53 Å². The first kappa shape index (κ1) is 20.0. The Morgan fingerprint density at radius 3 is 2.59 bits per heavy atom.